The summed E-state index contributed by atoms with van der Waals surface area (Å²) in [5.41, 5.74) is 3.40. The van der Waals surface area contributed by atoms with Gasteiger partial charge in [-0.3, -0.25) is 9.48 Å². The quantitative estimate of drug-likeness (QED) is 0.530. The van der Waals surface area contributed by atoms with E-state index >= 15 is 0 Å². The Morgan fingerprint density at radius 1 is 1.07 bits per heavy atom. The van der Waals surface area contributed by atoms with Crippen molar-refractivity contribution in [1.29, 1.82) is 0 Å². The number of nitrogens with one attached hydrogen (secondary N) is 1. The maximum absolute atomic E-state index is 12.9. The molecule has 0 spiro atoms. The number of amides is 1. The van der Waals surface area contributed by atoms with Gasteiger partial charge in [-0.25, -0.2) is 0 Å². The number of rotatable bonds is 10. The van der Waals surface area contributed by atoms with E-state index in [1.807, 2.05) is 59.4 Å². The highest BCUT2D eigenvalue weighted by Gasteiger charge is 2.21. The van der Waals surface area contributed by atoms with Gasteiger partial charge in [-0.2, -0.15) is 5.10 Å². The molecule has 29 heavy (non-hydrogen) atoms. The lowest BCUT2D eigenvalue weighted by molar-refractivity contribution is 0.0938. The van der Waals surface area contributed by atoms with Crippen LogP contribution in [0.2, 0.25) is 0 Å². The number of hydrogen-bond donors (Lipinski definition) is 1. The molecule has 150 valence electrons. The molecule has 5 nitrogen and oxygen atoms in total. The molecule has 2 aromatic carbocycles. The average Bonchev–Trinajstić information content (AvgIpc) is 3.49. The van der Waals surface area contributed by atoms with Gasteiger partial charge in [0.05, 0.1) is 12.1 Å². The van der Waals surface area contributed by atoms with Crippen LogP contribution in [-0.2, 0) is 11.3 Å². The van der Waals surface area contributed by atoms with Crippen molar-refractivity contribution in [3.05, 3.63) is 78.0 Å². The molecule has 1 aromatic heterocycles. The summed E-state index contributed by atoms with van der Waals surface area (Å²) in [5.74, 6) is 0.679. The van der Waals surface area contributed by atoms with E-state index < -0.39 is 0 Å². The lowest BCUT2D eigenvalue weighted by Gasteiger charge is -2.06. The number of nitrogens with zero attached hydrogens (tertiary/aromatic N) is 2. The van der Waals surface area contributed by atoms with E-state index in [1.54, 1.807) is 0 Å². The monoisotopic (exact) mass is 389 g/mol. The molecule has 0 radical (unpaired) electrons. The molecule has 1 aliphatic rings. The summed E-state index contributed by atoms with van der Waals surface area (Å²) in [7, 11) is 0. The van der Waals surface area contributed by atoms with Crippen LogP contribution in [0.15, 0.2) is 66.9 Å². The Labute approximate surface area is 171 Å². The van der Waals surface area contributed by atoms with E-state index in [0.717, 1.165) is 30.1 Å². The molecule has 0 atom stereocenters. The molecule has 0 unspecified atom stereocenters. The first-order chi connectivity index (χ1) is 14.3. The third kappa shape index (κ3) is 5.55. The highest BCUT2D eigenvalue weighted by Crippen LogP contribution is 2.28. The molecule has 5 heteroatoms. The van der Waals surface area contributed by atoms with Gasteiger partial charge in [-0.15, -0.1) is 0 Å². The van der Waals surface area contributed by atoms with Gasteiger partial charge in [0, 0.05) is 31.5 Å². The first kappa shape index (κ1) is 19.4. The van der Waals surface area contributed by atoms with Crippen molar-refractivity contribution < 1.29 is 9.53 Å². The minimum Gasteiger partial charge on any atom is -0.381 e. The Morgan fingerprint density at radius 2 is 1.79 bits per heavy atom. The van der Waals surface area contributed by atoms with Gasteiger partial charge in [0.15, 0.2) is 0 Å². The molecule has 1 aliphatic carbocycles. The Kier molecular flexibility index (Phi) is 6.37. The van der Waals surface area contributed by atoms with Crippen LogP contribution in [0.1, 0.15) is 35.2 Å². The van der Waals surface area contributed by atoms with Crippen LogP contribution in [0.4, 0.5) is 0 Å². The maximum atomic E-state index is 12.9. The van der Waals surface area contributed by atoms with E-state index in [2.05, 4.69) is 17.4 Å². The molecule has 0 aliphatic heterocycles. The summed E-state index contributed by atoms with van der Waals surface area (Å²) in [6, 6.07) is 20.0. The van der Waals surface area contributed by atoms with Crippen LogP contribution in [0.5, 0.6) is 0 Å². The number of ether oxygens (including phenoxy) is 1. The second-order valence-corrected chi connectivity index (χ2v) is 7.57. The van der Waals surface area contributed by atoms with Crippen LogP contribution in [0, 0.1) is 5.92 Å². The Hall–Kier alpha value is -2.92. The van der Waals surface area contributed by atoms with E-state index in [4.69, 9.17) is 9.84 Å². The fraction of sp³-hybridized carbons (Fsp3) is 0.333. The maximum Gasteiger partial charge on any atom is 0.255 e. The second-order valence-electron chi connectivity index (χ2n) is 7.57. The van der Waals surface area contributed by atoms with Gasteiger partial charge < -0.3 is 10.1 Å². The molecule has 0 bridgehead atoms. The van der Waals surface area contributed by atoms with Crippen molar-refractivity contribution in [2.24, 2.45) is 5.92 Å². The zero-order valence-corrected chi connectivity index (χ0v) is 16.6. The number of benzene rings is 2. The van der Waals surface area contributed by atoms with E-state index in [1.165, 1.54) is 12.8 Å². The summed E-state index contributed by atoms with van der Waals surface area (Å²) in [6.45, 7) is 2.78. The van der Waals surface area contributed by atoms with Gasteiger partial charge in [-0.1, -0.05) is 60.7 Å². The summed E-state index contributed by atoms with van der Waals surface area (Å²) in [4.78, 5) is 12.9. The lowest BCUT2D eigenvalue weighted by Crippen LogP contribution is -2.25. The standard InChI is InChI=1S/C24H27N3O2/c28-24(25-14-7-15-29-18-20-12-13-20)22-17-27(16-19-8-3-1-4-9-19)26-23(22)21-10-5-2-6-11-21/h1-6,8-11,17,20H,7,12-16,18H2,(H,25,28). The first-order valence-corrected chi connectivity index (χ1v) is 10.3. The summed E-state index contributed by atoms with van der Waals surface area (Å²) < 4.78 is 7.48. The molecule has 1 heterocycles. The fourth-order valence-electron chi connectivity index (χ4n) is 3.25. The van der Waals surface area contributed by atoms with E-state index in [-0.39, 0.29) is 5.91 Å². The van der Waals surface area contributed by atoms with Crippen molar-refractivity contribution in [3.63, 3.8) is 0 Å². The third-order valence-corrected chi connectivity index (χ3v) is 5.04. The van der Waals surface area contributed by atoms with Crippen molar-refractivity contribution in [1.82, 2.24) is 15.1 Å². The molecular weight excluding hydrogens is 362 g/mol. The predicted molar refractivity (Wildman–Crippen MR) is 114 cm³/mol. The van der Waals surface area contributed by atoms with Gasteiger partial charge in [0.2, 0.25) is 0 Å². The molecular formula is C24H27N3O2. The van der Waals surface area contributed by atoms with Crippen LogP contribution >= 0.6 is 0 Å². The molecule has 1 fully saturated rings. The number of hydrogen-bond acceptors (Lipinski definition) is 3. The zero-order chi connectivity index (χ0) is 19.9. The van der Waals surface area contributed by atoms with Crippen LogP contribution < -0.4 is 5.32 Å². The Balaban J connectivity index is 1.42. The van der Waals surface area contributed by atoms with Gasteiger partial charge in [0.25, 0.3) is 5.91 Å². The largest absolute Gasteiger partial charge is 0.381 e. The van der Waals surface area contributed by atoms with E-state index in [9.17, 15) is 4.79 Å². The fourth-order valence-corrected chi connectivity index (χ4v) is 3.25. The summed E-state index contributed by atoms with van der Waals surface area (Å²) >= 11 is 0. The number of carbonyl (C=O) groups is 1. The van der Waals surface area contributed by atoms with Crippen LogP contribution in [0.3, 0.4) is 0 Å². The highest BCUT2D eigenvalue weighted by molar-refractivity contribution is 5.99. The minimum atomic E-state index is -0.0923. The number of carbonyl (C=O) groups excluding carboxylic acids is 1. The molecule has 1 saturated carbocycles. The smallest absolute Gasteiger partial charge is 0.255 e. The molecule has 0 saturated heterocycles. The Morgan fingerprint density at radius 3 is 2.52 bits per heavy atom. The SMILES string of the molecule is O=C(NCCCOCC1CC1)c1cn(Cc2ccccc2)nc1-c1ccccc1. The van der Waals surface area contributed by atoms with Crippen molar-refractivity contribution in [2.45, 2.75) is 25.8 Å². The van der Waals surface area contributed by atoms with Gasteiger partial charge in [-0.05, 0) is 30.7 Å². The normalized spacial score (nSPS) is 13.4. The third-order valence-electron chi connectivity index (χ3n) is 5.04. The van der Waals surface area contributed by atoms with Crippen molar-refractivity contribution in [3.8, 4) is 11.3 Å². The number of aromatic nitrogens is 2. The Bertz CT molecular complexity index is 918. The van der Waals surface area contributed by atoms with Gasteiger partial charge >= 0.3 is 0 Å². The highest BCUT2D eigenvalue weighted by atomic mass is 16.5. The minimum absolute atomic E-state index is 0.0923. The predicted octanol–water partition coefficient (Wildman–Crippen LogP) is 4.14. The lowest BCUT2D eigenvalue weighted by atomic mass is 10.1. The topological polar surface area (TPSA) is 56.1 Å². The molecule has 3 aromatic rings. The second kappa shape index (κ2) is 9.52. The summed E-state index contributed by atoms with van der Waals surface area (Å²) in [5, 5.41) is 7.73. The molecule has 1 N–H and O–H groups in total. The summed E-state index contributed by atoms with van der Waals surface area (Å²) in [6.07, 6.45) is 5.25. The van der Waals surface area contributed by atoms with Crippen molar-refractivity contribution in [2.75, 3.05) is 19.8 Å². The molecule has 4 rings (SSSR count). The zero-order valence-electron chi connectivity index (χ0n) is 16.6. The molecule has 1 amide bonds. The van der Waals surface area contributed by atoms with Gasteiger partial charge in [0.1, 0.15) is 5.69 Å². The van der Waals surface area contributed by atoms with Crippen LogP contribution in [0.25, 0.3) is 11.3 Å². The van der Waals surface area contributed by atoms with Crippen LogP contribution in [-0.4, -0.2) is 35.4 Å². The average molecular weight is 389 g/mol. The van der Waals surface area contributed by atoms with E-state index in [0.29, 0.717) is 31.0 Å². The first-order valence-electron chi connectivity index (χ1n) is 10.3. The van der Waals surface area contributed by atoms with Crippen molar-refractivity contribution >= 4 is 5.91 Å².